The molecule has 2 aromatic carbocycles. The maximum Gasteiger partial charge on any atom is 0.323 e. The molecule has 2 aromatic rings. The van der Waals surface area contributed by atoms with Crippen LogP contribution in [0.3, 0.4) is 0 Å². The number of nitrogens with one attached hydrogen (secondary N) is 2. The molecular weight excluding hydrogens is 272 g/mol. The molecule has 2 amide bonds. The van der Waals surface area contributed by atoms with Crippen LogP contribution in [0.25, 0.3) is 6.08 Å². The summed E-state index contributed by atoms with van der Waals surface area (Å²) in [6.45, 7) is 6.33. The van der Waals surface area contributed by atoms with Gasteiger partial charge in [-0.05, 0) is 42.2 Å². The maximum absolute atomic E-state index is 11.8. The fourth-order valence-electron chi connectivity index (χ4n) is 2.11. The van der Waals surface area contributed by atoms with E-state index in [1.54, 1.807) is 6.20 Å². The Balaban J connectivity index is 1.87. The Labute approximate surface area is 132 Å². The molecule has 0 aliphatic rings. The molecule has 0 unspecified atom stereocenters. The van der Waals surface area contributed by atoms with E-state index in [-0.39, 0.29) is 6.03 Å². The summed E-state index contributed by atoms with van der Waals surface area (Å²) in [7, 11) is 0. The highest BCUT2D eigenvalue weighted by Crippen LogP contribution is 2.16. The number of anilines is 1. The second-order valence-corrected chi connectivity index (χ2v) is 5.62. The van der Waals surface area contributed by atoms with Crippen LogP contribution < -0.4 is 10.6 Å². The van der Waals surface area contributed by atoms with Gasteiger partial charge in [-0.1, -0.05) is 55.8 Å². The van der Waals surface area contributed by atoms with Gasteiger partial charge < -0.3 is 10.6 Å². The zero-order valence-corrected chi connectivity index (χ0v) is 13.3. The predicted octanol–water partition coefficient (Wildman–Crippen LogP) is 4.91. The van der Waals surface area contributed by atoms with Crippen molar-refractivity contribution >= 4 is 17.8 Å². The molecule has 114 valence electrons. The quantitative estimate of drug-likeness (QED) is 0.826. The molecular formula is C19H22N2O. The molecule has 22 heavy (non-hydrogen) atoms. The summed E-state index contributed by atoms with van der Waals surface area (Å²) in [5.74, 6) is 0.486. The summed E-state index contributed by atoms with van der Waals surface area (Å²) in [4.78, 5) is 11.8. The van der Waals surface area contributed by atoms with Gasteiger partial charge in [0.15, 0.2) is 0 Å². The van der Waals surface area contributed by atoms with E-state index in [4.69, 9.17) is 0 Å². The largest absolute Gasteiger partial charge is 0.323 e. The Kier molecular flexibility index (Phi) is 5.37. The number of rotatable bonds is 4. The van der Waals surface area contributed by atoms with Gasteiger partial charge >= 0.3 is 6.03 Å². The Morgan fingerprint density at radius 2 is 1.82 bits per heavy atom. The highest BCUT2D eigenvalue weighted by atomic mass is 16.2. The standard InChI is InChI=1S/C19H22N2O/c1-14(2)17-7-9-18(10-8-17)21-19(22)20-12-11-16-6-4-5-15(3)13-16/h4-14H,1-3H3,(H2,20,21,22)/b12-11+. The minimum atomic E-state index is -0.249. The number of hydrogen-bond acceptors (Lipinski definition) is 1. The van der Waals surface area contributed by atoms with E-state index in [2.05, 4.69) is 30.5 Å². The van der Waals surface area contributed by atoms with Crippen LogP contribution in [0.4, 0.5) is 10.5 Å². The topological polar surface area (TPSA) is 41.1 Å². The SMILES string of the molecule is Cc1cccc(/C=C/NC(=O)Nc2ccc(C(C)C)cc2)c1. The van der Waals surface area contributed by atoms with Crippen molar-refractivity contribution in [3.05, 3.63) is 71.4 Å². The van der Waals surface area contributed by atoms with Crippen molar-refractivity contribution in [2.75, 3.05) is 5.32 Å². The lowest BCUT2D eigenvalue weighted by molar-refractivity contribution is 0.255. The molecule has 0 saturated heterocycles. The summed E-state index contributed by atoms with van der Waals surface area (Å²) in [6.07, 6.45) is 3.51. The predicted molar refractivity (Wildman–Crippen MR) is 92.9 cm³/mol. The summed E-state index contributed by atoms with van der Waals surface area (Å²) in [5, 5.41) is 5.51. The zero-order chi connectivity index (χ0) is 15.9. The summed E-state index contributed by atoms with van der Waals surface area (Å²) >= 11 is 0. The molecule has 2 rings (SSSR count). The Morgan fingerprint density at radius 3 is 2.45 bits per heavy atom. The smallest absolute Gasteiger partial charge is 0.314 e. The van der Waals surface area contributed by atoms with Gasteiger partial charge in [0.25, 0.3) is 0 Å². The van der Waals surface area contributed by atoms with Crippen LogP contribution in [-0.2, 0) is 0 Å². The first-order valence-electron chi connectivity index (χ1n) is 7.45. The molecule has 0 atom stereocenters. The first-order valence-corrected chi connectivity index (χ1v) is 7.45. The molecule has 0 aliphatic carbocycles. The number of carbonyl (C=O) groups excluding carboxylic acids is 1. The molecule has 0 bridgehead atoms. The third kappa shape index (κ3) is 4.77. The second kappa shape index (κ2) is 7.46. The molecule has 0 fully saturated rings. The number of hydrogen-bond donors (Lipinski definition) is 2. The third-order valence-corrected chi connectivity index (χ3v) is 3.37. The normalized spacial score (nSPS) is 10.9. The highest BCUT2D eigenvalue weighted by Gasteiger charge is 2.01. The van der Waals surface area contributed by atoms with E-state index < -0.39 is 0 Å². The Bertz CT molecular complexity index is 657. The average Bonchev–Trinajstić information content (AvgIpc) is 2.48. The van der Waals surface area contributed by atoms with Crippen LogP contribution in [-0.4, -0.2) is 6.03 Å². The number of benzene rings is 2. The van der Waals surface area contributed by atoms with Gasteiger partial charge in [0, 0.05) is 11.9 Å². The fourth-order valence-corrected chi connectivity index (χ4v) is 2.11. The number of aryl methyl sites for hydroxylation is 1. The van der Waals surface area contributed by atoms with Crippen molar-refractivity contribution in [2.24, 2.45) is 0 Å². The van der Waals surface area contributed by atoms with Gasteiger partial charge in [0.05, 0.1) is 0 Å². The van der Waals surface area contributed by atoms with Crippen LogP contribution in [0.15, 0.2) is 54.7 Å². The molecule has 2 N–H and O–H groups in total. The van der Waals surface area contributed by atoms with E-state index >= 15 is 0 Å². The monoisotopic (exact) mass is 294 g/mol. The van der Waals surface area contributed by atoms with Crippen LogP contribution in [0.5, 0.6) is 0 Å². The van der Waals surface area contributed by atoms with Gasteiger partial charge in [-0.25, -0.2) is 4.79 Å². The first-order chi connectivity index (χ1) is 10.5. The second-order valence-electron chi connectivity index (χ2n) is 5.62. The highest BCUT2D eigenvalue weighted by molar-refractivity contribution is 5.90. The van der Waals surface area contributed by atoms with Gasteiger partial charge in [-0.3, -0.25) is 0 Å². The molecule has 0 heterocycles. The molecule has 3 nitrogen and oxygen atoms in total. The summed E-state index contributed by atoms with van der Waals surface area (Å²) < 4.78 is 0. The number of amides is 2. The van der Waals surface area contributed by atoms with Crippen molar-refractivity contribution in [2.45, 2.75) is 26.7 Å². The minimum absolute atomic E-state index is 0.249. The van der Waals surface area contributed by atoms with Gasteiger partial charge in [0.2, 0.25) is 0 Å². The lowest BCUT2D eigenvalue weighted by Gasteiger charge is -2.08. The van der Waals surface area contributed by atoms with E-state index in [0.717, 1.165) is 11.3 Å². The van der Waals surface area contributed by atoms with Crippen LogP contribution in [0.2, 0.25) is 0 Å². The van der Waals surface area contributed by atoms with Gasteiger partial charge in [-0.2, -0.15) is 0 Å². The van der Waals surface area contributed by atoms with Crippen LogP contribution in [0, 0.1) is 6.92 Å². The maximum atomic E-state index is 11.8. The number of urea groups is 1. The zero-order valence-electron chi connectivity index (χ0n) is 13.3. The van der Waals surface area contributed by atoms with Gasteiger partial charge in [0.1, 0.15) is 0 Å². The molecule has 3 heteroatoms. The summed E-state index contributed by atoms with van der Waals surface area (Å²) in [5.41, 5.74) is 4.29. The minimum Gasteiger partial charge on any atom is -0.314 e. The molecule has 0 spiro atoms. The summed E-state index contributed by atoms with van der Waals surface area (Å²) in [6, 6.07) is 15.7. The molecule has 0 radical (unpaired) electrons. The van der Waals surface area contributed by atoms with Crippen LogP contribution >= 0.6 is 0 Å². The van der Waals surface area contributed by atoms with E-state index in [1.807, 2.05) is 55.5 Å². The fraction of sp³-hybridized carbons (Fsp3) is 0.211. The van der Waals surface area contributed by atoms with E-state index in [9.17, 15) is 4.79 Å². The first kappa shape index (κ1) is 15.8. The van der Waals surface area contributed by atoms with Crippen molar-refractivity contribution in [3.63, 3.8) is 0 Å². The van der Waals surface area contributed by atoms with E-state index in [1.165, 1.54) is 11.1 Å². The Hall–Kier alpha value is -2.55. The van der Waals surface area contributed by atoms with Crippen LogP contribution in [0.1, 0.15) is 36.5 Å². The molecule has 0 aliphatic heterocycles. The van der Waals surface area contributed by atoms with Gasteiger partial charge in [-0.15, -0.1) is 0 Å². The van der Waals surface area contributed by atoms with Crippen molar-refractivity contribution in [1.29, 1.82) is 0 Å². The van der Waals surface area contributed by atoms with Crippen molar-refractivity contribution in [3.8, 4) is 0 Å². The Morgan fingerprint density at radius 1 is 1.09 bits per heavy atom. The third-order valence-electron chi connectivity index (χ3n) is 3.37. The van der Waals surface area contributed by atoms with Crippen molar-refractivity contribution in [1.82, 2.24) is 5.32 Å². The molecule has 0 saturated carbocycles. The lowest BCUT2D eigenvalue weighted by atomic mass is 10.0. The van der Waals surface area contributed by atoms with Crippen molar-refractivity contribution < 1.29 is 4.79 Å². The van der Waals surface area contributed by atoms with E-state index in [0.29, 0.717) is 5.92 Å². The number of carbonyl (C=O) groups is 1. The average molecular weight is 294 g/mol. The molecule has 0 aromatic heterocycles. The lowest BCUT2D eigenvalue weighted by Crippen LogP contribution is -2.23.